The predicted molar refractivity (Wildman–Crippen MR) is 282 cm³/mol. The number of piperazine rings is 1. The van der Waals surface area contributed by atoms with Crippen LogP contribution in [0.15, 0.2) is 60.1 Å². The van der Waals surface area contributed by atoms with E-state index in [2.05, 4.69) is 64.5 Å². The highest BCUT2D eigenvalue weighted by Crippen LogP contribution is 2.46. The van der Waals surface area contributed by atoms with E-state index in [-0.39, 0.29) is 55.3 Å². The van der Waals surface area contributed by atoms with E-state index in [9.17, 15) is 34.3 Å². The molecule has 0 saturated carbocycles. The van der Waals surface area contributed by atoms with E-state index in [0.29, 0.717) is 50.1 Å². The van der Waals surface area contributed by atoms with Crippen LogP contribution in [0.25, 0.3) is 21.3 Å². The van der Waals surface area contributed by atoms with Gasteiger partial charge in [0, 0.05) is 91.8 Å². The molecule has 4 heterocycles. The Bertz CT molecular complexity index is 2880. The molecule has 5 aromatic rings. The first-order valence-corrected chi connectivity index (χ1v) is 26.6. The Morgan fingerprint density at radius 2 is 1.65 bits per heavy atom. The molecule has 3 atom stereocenters. The number of carbonyl (C=O) groups is 5. The zero-order valence-corrected chi connectivity index (χ0v) is 43.8. The van der Waals surface area contributed by atoms with Gasteiger partial charge < -0.3 is 35.4 Å². The molecule has 3 aliphatic rings. The number of aliphatic hydroxyl groups is 1. The molecule has 2 aromatic heterocycles. The molecule has 0 radical (unpaired) electrons. The molecule has 72 heavy (non-hydrogen) atoms. The number of nitrogens with one attached hydrogen (secondary N) is 3. The van der Waals surface area contributed by atoms with Crippen LogP contribution >= 0.6 is 11.3 Å². The fraction of sp³-hybridized carbons (Fsp3) is 0.491. The van der Waals surface area contributed by atoms with Gasteiger partial charge in [-0.2, -0.15) is 5.26 Å². The first-order valence-electron chi connectivity index (χ1n) is 25.8. The number of unbranched alkanes of at least 4 members (excludes halogenated alkanes) is 5. The van der Waals surface area contributed by atoms with Gasteiger partial charge in [-0.3, -0.25) is 24.0 Å². The minimum absolute atomic E-state index is 0.00591. The number of anilines is 1. The number of aromatic nitrogens is 2. The number of thiazole rings is 1. The summed E-state index contributed by atoms with van der Waals surface area (Å²) in [6.07, 6.45) is 5.98. The summed E-state index contributed by atoms with van der Waals surface area (Å²) in [6.45, 7) is 17.0. The topological polar surface area (TPSA) is 192 Å². The third-order valence-electron chi connectivity index (χ3n) is 15.0. The Labute approximate surface area is 427 Å². The third kappa shape index (κ3) is 11.0. The number of fused-ring (bicyclic) bond motifs is 4. The van der Waals surface area contributed by atoms with Gasteiger partial charge in [-0.1, -0.05) is 97.6 Å². The van der Waals surface area contributed by atoms with Gasteiger partial charge in [-0.25, -0.2) is 4.98 Å². The first-order chi connectivity index (χ1) is 34.4. The second-order valence-corrected chi connectivity index (χ2v) is 22.4. The van der Waals surface area contributed by atoms with E-state index in [1.165, 1.54) is 4.90 Å². The van der Waals surface area contributed by atoms with Crippen LogP contribution in [-0.2, 0) is 37.6 Å². The number of aromatic amines is 1. The van der Waals surface area contributed by atoms with Crippen LogP contribution in [0.3, 0.4) is 0 Å². The highest BCUT2D eigenvalue weighted by molar-refractivity contribution is 7.13. The number of nitrogens with zero attached hydrogens (tertiary/aromatic N) is 5. The summed E-state index contributed by atoms with van der Waals surface area (Å²) >= 11 is 1.58. The molecule has 0 bridgehead atoms. The number of likely N-dealkylation sites (tertiary alicyclic amines) is 1. The molecule has 2 aliphatic heterocycles. The summed E-state index contributed by atoms with van der Waals surface area (Å²) in [6, 6.07) is 18.1. The predicted octanol–water partition coefficient (Wildman–Crippen LogP) is 8.48. The van der Waals surface area contributed by atoms with E-state index in [4.69, 9.17) is 0 Å². The highest BCUT2D eigenvalue weighted by atomic mass is 32.1. The van der Waals surface area contributed by atoms with E-state index >= 15 is 0 Å². The zero-order valence-electron chi connectivity index (χ0n) is 43.0. The van der Waals surface area contributed by atoms with Crippen molar-refractivity contribution in [1.29, 1.82) is 5.26 Å². The monoisotopic (exact) mass is 995 g/mol. The van der Waals surface area contributed by atoms with E-state index in [1.54, 1.807) is 17.4 Å². The highest BCUT2D eigenvalue weighted by Gasteiger charge is 2.45. The molecule has 0 spiro atoms. The van der Waals surface area contributed by atoms with Crippen LogP contribution in [0.1, 0.15) is 149 Å². The molecular weight excluding hydrogens is 925 g/mol. The fourth-order valence-corrected chi connectivity index (χ4v) is 11.6. The standard InChI is InChI=1S/C57H70N8O6S/c1-8-38-28-42-43(57(6,7)52-49(50(42)69)41-22-19-37(31-58)27-44(41)61-52)30-45(38)63-23-25-64(26-24-63)48(68)16-14-12-10-9-11-13-15-47(67)62-53(56(3,4)5)55(71)65-33-40(66)29-46(65)54(70)59-32-36-17-20-39(21-18-36)51-35(2)60-34-72-51/h17-22,27-28,30,34,40,46,53,61,66H,8-16,23-26,29,32-33H2,1-7H3,(H,59,70)(H,62,67)/t40-,46+,53-/m1/s1. The first kappa shape index (κ1) is 52.0. The average molecular weight is 995 g/mol. The van der Waals surface area contributed by atoms with Crippen molar-refractivity contribution in [3.05, 3.63) is 105 Å². The fourth-order valence-electron chi connectivity index (χ4n) is 10.8. The lowest BCUT2D eigenvalue weighted by Crippen LogP contribution is -2.57. The Balaban J connectivity index is 0.746. The van der Waals surface area contributed by atoms with E-state index < -0.39 is 29.0 Å². The SMILES string of the molecule is CCc1cc2c(cc1N1CCN(C(=O)CCCCCCCCC(=O)N[C@H](C(=O)N3C[C@H](O)C[C@H]3C(=O)NCc3ccc(-c4scnc4C)cc3)C(C)(C)C)CC1)C(C)(C)c1[nH]c3cc(C#N)ccc3c1C2=O. The molecule has 4 N–H and O–H groups in total. The maximum Gasteiger partial charge on any atom is 0.246 e. The quantitative estimate of drug-likeness (QED) is 0.0662. The second-order valence-electron chi connectivity index (χ2n) is 21.5. The van der Waals surface area contributed by atoms with Crippen molar-refractivity contribution in [2.45, 2.75) is 143 Å². The molecular formula is C57H70N8O6S. The van der Waals surface area contributed by atoms with E-state index in [0.717, 1.165) is 99.2 Å². The summed E-state index contributed by atoms with van der Waals surface area (Å²) in [5.74, 6) is -0.755. The number of hydrogen-bond acceptors (Lipinski definition) is 10. The van der Waals surface area contributed by atoms with Crippen molar-refractivity contribution in [2.24, 2.45) is 5.41 Å². The van der Waals surface area contributed by atoms with Crippen LogP contribution in [0, 0.1) is 23.7 Å². The number of aryl methyl sites for hydroxylation is 2. The molecule has 380 valence electrons. The van der Waals surface area contributed by atoms with Gasteiger partial charge in [0.05, 0.1) is 39.4 Å². The molecule has 15 heteroatoms. The van der Waals surface area contributed by atoms with Crippen molar-refractivity contribution >= 4 is 57.3 Å². The van der Waals surface area contributed by atoms with Gasteiger partial charge in [0.2, 0.25) is 23.6 Å². The van der Waals surface area contributed by atoms with Crippen LogP contribution in [0.4, 0.5) is 5.69 Å². The van der Waals surface area contributed by atoms with Crippen LogP contribution < -0.4 is 15.5 Å². The summed E-state index contributed by atoms with van der Waals surface area (Å²) < 4.78 is 0. The average Bonchev–Trinajstić information content (AvgIpc) is 4.10. The van der Waals surface area contributed by atoms with Gasteiger partial charge in [0.25, 0.3) is 0 Å². The molecule has 2 saturated heterocycles. The Hall–Kier alpha value is -6.37. The van der Waals surface area contributed by atoms with Crippen LogP contribution in [0.2, 0.25) is 0 Å². The molecule has 3 aromatic carbocycles. The number of ketones is 1. The molecule has 8 rings (SSSR count). The lowest BCUT2D eigenvalue weighted by atomic mass is 9.70. The number of aliphatic hydroxyl groups excluding tert-OH is 1. The molecule has 2 fully saturated rings. The van der Waals surface area contributed by atoms with E-state index in [1.807, 2.05) is 74.5 Å². The smallest absolute Gasteiger partial charge is 0.246 e. The number of nitriles is 1. The number of hydrogen-bond donors (Lipinski definition) is 4. The third-order valence-corrected chi connectivity index (χ3v) is 16.0. The number of H-pyrrole nitrogens is 1. The van der Waals surface area contributed by atoms with Crippen LogP contribution in [-0.4, -0.2) is 105 Å². The summed E-state index contributed by atoms with van der Waals surface area (Å²) in [4.78, 5) is 83.0. The molecule has 4 amide bonds. The van der Waals surface area contributed by atoms with Gasteiger partial charge in [0.15, 0.2) is 5.78 Å². The molecule has 1 aliphatic carbocycles. The van der Waals surface area contributed by atoms with Crippen molar-refractivity contribution in [3.63, 3.8) is 0 Å². The zero-order chi connectivity index (χ0) is 51.5. The maximum atomic E-state index is 14.1. The summed E-state index contributed by atoms with van der Waals surface area (Å²) in [5, 5.41) is 26.9. The Kier molecular flexibility index (Phi) is 15.7. The number of amides is 4. The lowest BCUT2D eigenvalue weighted by Gasteiger charge is -2.39. The Morgan fingerprint density at radius 3 is 2.31 bits per heavy atom. The van der Waals surface area contributed by atoms with Gasteiger partial charge in [-0.05, 0) is 78.1 Å². The Morgan fingerprint density at radius 1 is 0.958 bits per heavy atom. The number of benzene rings is 3. The minimum Gasteiger partial charge on any atom is -0.391 e. The van der Waals surface area contributed by atoms with Crippen molar-refractivity contribution < 1.29 is 29.1 Å². The van der Waals surface area contributed by atoms with Gasteiger partial charge >= 0.3 is 0 Å². The number of rotatable bonds is 17. The number of carbonyl (C=O) groups excluding carboxylic acids is 5. The number of β-amino-alcohol motifs (C(OH)–C–C–N with tert-alkyl or cyclic N) is 1. The second kappa shape index (κ2) is 21.8. The van der Waals surface area contributed by atoms with Crippen molar-refractivity contribution in [1.82, 2.24) is 30.4 Å². The largest absolute Gasteiger partial charge is 0.391 e. The maximum absolute atomic E-state index is 14.1. The summed E-state index contributed by atoms with van der Waals surface area (Å²) in [7, 11) is 0. The molecule has 0 unspecified atom stereocenters. The molecule has 14 nitrogen and oxygen atoms in total. The minimum atomic E-state index is -0.872. The van der Waals surface area contributed by atoms with Gasteiger partial charge in [-0.15, -0.1) is 11.3 Å². The lowest BCUT2D eigenvalue weighted by molar-refractivity contribution is -0.144. The summed E-state index contributed by atoms with van der Waals surface area (Å²) in [5.41, 5.74) is 10.5. The van der Waals surface area contributed by atoms with Gasteiger partial charge in [0.1, 0.15) is 12.1 Å². The van der Waals surface area contributed by atoms with Crippen molar-refractivity contribution in [2.75, 3.05) is 37.6 Å². The normalized spacial score (nSPS) is 17.9. The van der Waals surface area contributed by atoms with Crippen molar-refractivity contribution in [3.8, 4) is 16.5 Å². The van der Waals surface area contributed by atoms with Crippen LogP contribution in [0.5, 0.6) is 0 Å².